The van der Waals surface area contributed by atoms with Crippen molar-refractivity contribution >= 4 is 11.8 Å². The Hall–Kier alpha value is -1.10. The molecular formula is C36H60O9. The normalized spacial score (nSPS) is 48.2. The predicted molar refractivity (Wildman–Crippen MR) is 168 cm³/mol. The van der Waals surface area contributed by atoms with Crippen LogP contribution >= 0.6 is 0 Å². The van der Waals surface area contributed by atoms with Crippen LogP contribution in [0.5, 0.6) is 0 Å². The number of carbonyl (C=O) groups is 2. The molecule has 45 heavy (non-hydrogen) atoms. The number of aliphatic hydroxyl groups excluding tert-OH is 3. The summed E-state index contributed by atoms with van der Waals surface area (Å²) in [6.45, 7) is 14.4. The van der Waals surface area contributed by atoms with E-state index in [1.807, 2.05) is 13.8 Å². The third-order valence-corrected chi connectivity index (χ3v) is 14.1. The highest BCUT2D eigenvalue weighted by atomic mass is 16.7. The molecule has 6 fully saturated rings. The van der Waals surface area contributed by atoms with Crippen LogP contribution in [-0.4, -0.2) is 80.2 Å². The minimum atomic E-state index is -0.852. The number of hydrogen-bond acceptors (Lipinski definition) is 8. The molecule has 0 bridgehead atoms. The largest absolute Gasteiger partial charge is 0.481 e. The summed E-state index contributed by atoms with van der Waals surface area (Å²) >= 11 is 0. The van der Waals surface area contributed by atoms with Crippen molar-refractivity contribution in [1.82, 2.24) is 0 Å². The minimum absolute atomic E-state index is 0.0202. The van der Waals surface area contributed by atoms with Crippen molar-refractivity contribution in [3.63, 3.8) is 0 Å². The minimum Gasteiger partial charge on any atom is -0.481 e. The van der Waals surface area contributed by atoms with Gasteiger partial charge in [0.1, 0.15) is 12.2 Å². The van der Waals surface area contributed by atoms with E-state index in [0.717, 1.165) is 71.1 Å². The average Bonchev–Trinajstić information content (AvgIpc) is 3.39. The van der Waals surface area contributed by atoms with Crippen LogP contribution in [0.4, 0.5) is 0 Å². The summed E-state index contributed by atoms with van der Waals surface area (Å²) < 4.78 is 12.3. The third-order valence-electron chi connectivity index (χ3n) is 14.1. The highest BCUT2D eigenvalue weighted by molar-refractivity contribution is 5.89. The zero-order chi connectivity index (χ0) is 33.3. The summed E-state index contributed by atoms with van der Waals surface area (Å²) in [7, 11) is 0. The number of hydrogen-bond donors (Lipinski definition) is 5. The standard InChI is InChI=1S/C34H56O7.C2H4O2/c1-19-33-16-15-32(6)21(9-7-8-13-30(2,3)39)28(37)29(38)27(32)20(33)10-11-24-31(4,5)25(12-14-34(19,24)33)41-26-17-22(35)23(36)18-40-26;1-2(3)4/h19-28,35-37,39H,7-18H2,1-6H3;1H3,(H,3,4)/t19-,20-,21-,22+,23-,24?,25-,26?,27?,28-,32+,33-,34?;/m0./s1. The molecule has 1 heterocycles. The molecule has 13 atom stereocenters. The van der Waals surface area contributed by atoms with Crippen LogP contribution in [-0.2, 0) is 19.1 Å². The first-order valence-corrected chi connectivity index (χ1v) is 17.6. The number of carbonyl (C=O) groups excluding carboxylic acids is 1. The molecule has 258 valence electrons. The van der Waals surface area contributed by atoms with Gasteiger partial charge in [0.15, 0.2) is 12.1 Å². The lowest BCUT2D eigenvalue weighted by Gasteiger charge is -2.59. The van der Waals surface area contributed by atoms with E-state index in [9.17, 15) is 25.2 Å². The second kappa shape index (κ2) is 12.1. The second-order valence-electron chi connectivity index (χ2n) is 17.2. The van der Waals surface area contributed by atoms with Gasteiger partial charge in [-0.15, -0.1) is 0 Å². The average molecular weight is 637 g/mol. The van der Waals surface area contributed by atoms with Crippen molar-refractivity contribution in [1.29, 1.82) is 0 Å². The van der Waals surface area contributed by atoms with Crippen LogP contribution in [0.15, 0.2) is 0 Å². The highest BCUT2D eigenvalue weighted by Crippen LogP contribution is 2.89. The van der Waals surface area contributed by atoms with E-state index in [1.165, 1.54) is 0 Å². The maximum Gasteiger partial charge on any atom is 0.300 e. The van der Waals surface area contributed by atoms with Crippen LogP contribution < -0.4 is 0 Å². The summed E-state index contributed by atoms with van der Waals surface area (Å²) in [4.78, 5) is 22.9. The monoisotopic (exact) mass is 636 g/mol. The molecule has 0 aromatic rings. The number of ketones is 1. The number of Topliss-reactive ketones (excluding diaryl/α,β-unsaturated/α-hetero) is 1. The Morgan fingerprint density at radius 2 is 1.67 bits per heavy atom. The van der Waals surface area contributed by atoms with Crippen molar-refractivity contribution in [3.05, 3.63) is 0 Å². The Labute approximate surface area is 269 Å². The fraction of sp³-hybridized carbons (Fsp3) is 0.944. The van der Waals surface area contributed by atoms with Crippen LogP contribution in [0.25, 0.3) is 0 Å². The Bertz CT molecular complexity index is 1110. The van der Waals surface area contributed by atoms with E-state index >= 15 is 0 Å². The molecule has 0 amide bonds. The molecule has 9 heteroatoms. The Balaban J connectivity index is 0.000000945. The van der Waals surface area contributed by atoms with Gasteiger partial charge in [-0.3, -0.25) is 9.59 Å². The Morgan fingerprint density at radius 3 is 2.29 bits per heavy atom. The number of ether oxygens (including phenoxy) is 2. The third kappa shape index (κ3) is 5.63. The maximum atomic E-state index is 13.9. The topological polar surface area (TPSA) is 154 Å². The van der Waals surface area contributed by atoms with Crippen LogP contribution in [0.1, 0.15) is 119 Å². The molecule has 1 aliphatic heterocycles. The van der Waals surface area contributed by atoms with E-state index < -0.39 is 36.2 Å². The molecule has 4 unspecified atom stereocenters. The van der Waals surface area contributed by atoms with Crippen molar-refractivity contribution in [2.75, 3.05) is 6.61 Å². The van der Waals surface area contributed by atoms with Crippen molar-refractivity contribution in [2.45, 2.75) is 155 Å². The van der Waals surface area contributed by atoms with Crippen molar-refractivity contribution in [3.8, 4) is 0 Å². The van der Waals surface area contributed by atoms with Gasteiger partial charge in [-0.2, -0.15) is 0 Å². The summed E-state index contributed by atoms with van der Waals surface area (Å²) in [5, 5.41) is 49.0. The second-order valence-corrected chi connectivity index (χ2v) is 17.2. The van der Waals surface area contributed by atoms with Crippen LogP contribution in [0.3, 0.4) is 0 Å². The zero-order valence-corrected chi connectivity index (χ0v) is 28.6. The highest BCUT2D eigenvalue weighted by Gasteiger charge is 2.85. The van der Waals surface area contributed by atoms with Gasteiger partial charge in [0.2, 0.25) is 0 Å². The first-order valence-electron chi connectivity index (χ1n) is 17.6. The fourth-order valence-electron chi connectivity index (χ4n) is 12.2. The molecule has 0 aromatic heterocycles. The Morgan fingerprint density at radius 1 is 1.00 bits per heavy atom. The smallest absolute Gasteiger partial charge is 0.300 e. The van der Waals surface area contributed by atoms with Gasteiger partial charge in [-0.1, -0.05) is 40.5 Å². The lowest BCUT2D eigenvalue weighted by molar-refractivity contribution is -0.264. The number of carboxylic acids is 1. The number of rotatable bonds is 7. The first-order chi connectivity index (χ1) is 20.8. The number of unbranched alkanes of at least 4 members (excludes halogenated alkanes) is 1. The summed E-state index contributed by atoms with van der Waals surface area (Å²) in [5.74, 6) is 0.671. The van der Waals surface area contributed by atoms with Gasteiger partial charge in [-0.25, -0.2) is 0 Å². The van der Waals surface area contributed by atoms with E-state index in [4.69, 9.17) is 19.4 Å². The molecule has 1 saturated heterocycles. The van der Waals surface area contributed by atoms with E-state index in [2.05, 4.69) is 27.7 Å². The van der Waals surface area contributed by atoms with Gasteiger partial charge in [-0.05, 0) is 111 Å². The molecule has 0 radical (unpaired) electrons. The molecular weight excluding hydrogens is 576 g/mol. The lowest BCUT2D eigenvalue weighted by Crippen LogP contribution is -2.56. The quantitative estimate of drug-likeness (QED) is 0.198. The summed E-state index contributed by atoms with van der Waals surface area (Å²) in [5.41, 5.74) is -0.478. The molecule has 0 aromatic carbocycles. The fourth-order valence-corrected chi connectivity index (χ4v) is 12.2. The molecule has 5 aliphatic carbocycles. The van der Waals surface area contributed by atoms with Crippen LogP contribution in [0, 0.1) is 51.2 Å². The number of aliphatic carboxylic acids is 1. The van der Waals surface area contributed by atoms with Gasteiger partial charge in [0.05, 0.1) is 24.4 Å². The summed E-state index contributed by atoms with van der Waals surface area (Å²) in [6.07, 6.45) is 7.15. The lowest BCUT2D eigenvalue weighted by atomic mass is 9.46. The molecule has 2 spiro atoms. The molecule has 5 saturated carbocycles. The van der Waals surface area contributed by atoms with Crippen molar-refractivity contribution in [2.24, 2.45) is 51.2 Å². The number of fused-ring (bicyclic) bond motifs is 2. The van der Waals surface area contributed by atoms with Gasteiger partial charge in [0, 0.05) is 19.3 Å². The molecule has 6 rings (SSSR count). The van der Waals surface area contributed by atoms with E-state index in [0.29, 0.717) is 24.2 Å². The zero-order valence-electron chi connectivity index (χ0n) is 28.6. The maximum absolute atomic E-state index is 13.9. The molecule has 6 aliphatic rings. The molecule has 5 N–H and O–H groups in total. The SMILES string of the molecule is CC(=O)O.C[C@@H]1C23CC[C@H](OC4C[C@@H](O)[C@@H](O)CO4)C(C)(C)C2CC[C@H]2C4C(=O)[C@@H](O)[C@H](CCCCC(C)(C)O)[C@@]4(C)CC[C@]123. The number of aliphatic hydroxyl groups is 4. The summed E-state index contributed by atoms with van der Waals surface area (Å²) in [6, 6.07) is 0. The number of carboxylic acid groups (broad SMARTS) is 1. The molecule has 9 nitrogen and oxygen atoms in total. The van der Waals surface area contributed by atoms with Gasteiger partial charge < -0.3 is 35.0 Å². The van der Waals surface area contributed by atoms with Crippen molar-refractivity contribution < 1.29 is 44.6 Å². The van der Waals surface area contributed by atoms with Gasteiger partial charge >= 0.3 is 0 Å². The van der Waals surface area contributed by atoms with Gasteiger partial charge in [0.25, 0.3) is 5.97 Å². The van der Waals surface area contributed by atoms with E-state index in [1.54, 1.807) is 0 Å². The van der Waals surface area contributed by atoms with Crippen LogP contribution in [0.2, 0.25) is 0 Å². The van der Waals surface area contributed by atoms with E-state index in [-0.39, 0.29) is 52.0 Å². The first kappa shape index (κ1) is 35.2. The Kier molecular flexibility index (Phi) is 9.47. The predicted octanol–water partition coefficient (Wildman–Crippen LogP) is 4.71.